The summed E-state index contributed by atoms with van der Waals surface area (Å²) < 4.78 is 0. The zero-order chi connectivity index (χ0) is 14.5. The van der Waals surface area contributed by atoms with Gasteiger partial charge in [0.25, 0.3) is 0 Å². The number of amides is 1. The Morgan fingerprint density at radius 3 is 2.42 bits per heavy atom. The van der Waals surface area contributed by atoms with E-state index in [-0.39, 0.29) is 11.9 Å². The van der Waals surface area contributed by atoms with E-state index in [1.54, 1.807) is 0 Å². The molecule has 1 amide bonds. The van der Waals surface area contributed by atoms with Gasteiger partial charge in [0.2, 0.25) is 5.91 Å². The number of rotatable bonds is 6. The lowest BCUT2D eigenvalue weighted by Gasteiger charge is -2.28. The highest BCUT2D eigenvalue weighted by atomic mass is 16.2. The Labute approximate surface area is 116 Å². The Kier molecular flexibility index (Phi) is 5.51. The number of hydrogen-bond acceptors (Lipinski definition) is 3. The summed E-state index contributed by atoms with van der Waals surface area (Å²) >= 11 is 0. The molecule has 1 unspecified atom stereocenters. The first-order valence-corrected chi connectivity index (χ1v) is 6.67. The van der Waals surface area contributed by atoms with E-state index in [2.05, 4.69) is 5.32 Å². The summed E-state index contributed by atoms with van der Waals surface area (Å²) in [5.41, 5.74) is 6.50. The van der Waals surface area contributed by atoms with Crippen molar-refractivity contribution in [3.05, 3.63) is 35.9 Å². The van der Waals surface area contributed by atoms with E-state index in [9.17, 15) is 4.79 Å². The molecule has 4 heteroatoms. The maximum Gasteiger partial charge on any atom is 0.242 e. The summed E-state index contributed by atoms with van der Waals surface area (Å²) in [6, 6.07) is 9.54. The molecule has 0 spiro atoms. The zero-order valence-corrected chi connectivity index (χ0v) is 12.3. The second-order valence-corrected chi connectivity index (χ2v) is 5.59. The molecule has 0 aliphatic carbocycles. The third-order valence-corrected chi connectivity index (χ3v) is 3.02. The fourth-order valence-electron chi connectivity index (χ4n) is 1.84. The van der Waals surface area contributed by atoms with Gasteiger partial charge < -0.3 is 11.1 Å². The molecule has 0 radical (unpaired) electrons. The molecule has 1 aromatic carbocycles. The first-order chi connectivity index (χ1) is 8.85. The van der Waals surface area contributed by atoms with Gasteiger partial charge in [-0.15, -0.1) is 0 Å². The minimum Gasteiger partial charge on any atom is -0.353 e. The van der Waals surface area contributed by atoms with Gasteiger partial charge >= 0.3 is 0 Å². The average Bonchev–Trinajstić information content (AvgIpc) is 2.37. The molecule has 1 aromatic rings. The van der Waals surface area contributed by atoms with Crippen molar-refractivity contribution in [2.45, 2.75) is 32.4 Å². The molecule has 1 atom stereocenters. The van der Waals surface area contributed by atoms with Crippen molar-refractivity contribution in [1.82, 2.24) is 10.2 Å². The smallest absolute Gasteiger partial charge is 0.242 e. The molecule has 0 heterocycles. The molecule has 106 valence electrons. The maximum absolute atomic E-state index is 12.4. The minimum atomic E-state index is -0.401. The van der Waals surface area contributed by atoms with Crippen LogP contribution in [0.2, 0.25) is 0 Å². The highest BCUT2D eigenvalue weighted by Gasteiger charge is 2.25. The number of carbonyl (C=O) groups excluding carboxylic acids is 1. The Morgan fingerprint density at radius 1 is 1.37 bits per heavy atom. The number of nitrogens with one attached hydrogen (secondary N) is 1. The summed E-state index contributed by atoms with van der Waals surface area (Å²) in [5, 5.41) is 2.93. The average molecular weight is 263 g/mol. The van der Waals surface area contributed by atoms with E-state index in [4.69, 9.17) is 5.73 Å². The van der Waals surface area contributed by atoms with E-state index in [0.717, 1.165) is 12.1 Å². The van der Waals surface area contributed by atoms with Gasteiger partial charge in [0, 0.05) is 12.1 Å². The van der Waals surface area contributed by atoms with E-state index < -0.39 is 5.54 Å². The topological polar surface area (TPSA) is 58.4 Å². The van der Waals surface area contributed by atoms with Crippen molar-refractivity contribution in [3.8, 4) is 0 Å². The van der Waals surface area contributed by atoms with E-state index in [1.165, 1.54) is 0 Å². The summed E-state index contributed by atoms with van der Waals surface area (Å²) in [6.45, 7) is 7.10. The standard InChI is InChI=1S/C15H25N3O/c1-5-18(4)13(12-9-7-6-8-10-12)14(19)17-11-15(2,3)16/h6-10,13H,5,11,16H2,1-4H3,(H,17,19). The molecule has 0 aliphatic rings. The van der Waals surface area contributed by atoms with Crippen LogP contribution in [0.5, 0.6) is 0 Å². The van der Waals surface area contributed by atoms with Crippen LogP contribution in [-0.4, -0.2) is 36.5 Å². The predicted octanol–water partition coefficient (Wildman–Crippen LogP) is 1.53. The van der Waals surface area contributed by atoms with E-state index in [1.807, 2.05) is 63.1 Å². The summed E-state index contributed by atoms with van der Waals surface area (Å²) in [4.78, 5) is 14.4. The van der Waals surface area contributed by atoms with Crippen LogP contribution in [0.4, 0.5) is 0 Å². The number of likely N-dealkylation sites (N-methyl/N-ethyl adjacent to an activating group) is 1. The third-order valence-electron chi connectivity index (χ3n) is 3.02. The van der Waals surface area contributed by atoms with Gasteiger partial charge in [0.1, 0.15) is 6.04 Å². The number of carbonyl (C=O) groups is 1. The van der Waals surface area contributed by atoms with Crippen LogP contribution in [-0.2, 0) is 4.79 Å². The van der Waals surface area contributed by atoms with Gasteiger partial charge in [0.05, 0.1) is 0 Å². The highest BCUT2D eigenvalue weighted by molar-refractivity contribution is 5.83. The van der Waals surface area contributed by atoms with Crippen molar-refractivity contribution in [1.29, 1.82) is 0 Å². The Hall–Kier alpha value is -1.39. The van der Waals surface area contributed by atoms with E-state index >= 15 is 0 Å². The van der Waals surface area contributed by atoms with Crippen LogP contribution in [0, 0.1) is 0 Å². The zero-order valence-electron chi connectivity index (χ0n) is 12.3. The SMILES string of the molecule is CCN(C)C(C(=O)NCC(C)(C)N)c1ccccc1. The molecule has 1 rings (SSSR count). The van der Waals surface area contributed by atoms with Crippen molar-refractivity contribution in [2.75, 3.05) is 20.1 Å². The van der Waals surface area contributed by atoms with Gasteiger partial charge in [-0.1, -0.05) is 37.3 Å². The quantitative estimate of drug-likeness (QED) is 0.818. The van der Waals surface area contributed by atoms with Crippen molar-refractivity contribution in [3.63, 3.8) is 0 Å². The minimum absolute atomic E-state index is 0.00549. The molecular formula is C15H25N3O. The monoisotopic (exact) mass is 263 g/mol. The molecule has 19 heavy (non-hydrogen) atoms. The molecule has 0 saturated heterocycles. The van der Waals surface area contributed by atoms with Gasteiger partial charge in [-0.05, 0) is 33.0 Å². The third kappa shape index (κ3) is 5.01. The number of nitrogens with zero attached hydrogens (tertiary/aromatic N) is 1. The van der Waals surface area contributed by atoms with Gasteiger partial charge in [-0.2, -0.15) is 0 Å². The van der Waals surface area contributed by atoms with Crippen LogP contribution < -0.4 is 11.1 Å². The largest absolute Gasteiger partial charge is 0.353 e. The lowest BCUT2D eigenvalue weighted by atomic mass is 10.0. The molecule has 4 nitrogen and oxygen atoms in total. The second-order valence-electron chi connectivity index (χ2n) is 5.59. The van der Waals surface area contributed by atoms with Crippen molar-refractivity contribution >= 4 is 5.91 Å². The lowest BCUT2D eigenvalue weighted by molar-refractivity contribution is -0.126. The normalized spacial score (nSPS) is 13.4. The van der Waals surface area contributed by atoms with Crippen LogP contribution in [0.25, 0.3) is 0 Å². The molecule has 0 aliphatic heterocycles. The van der Waals surface area contributed by atoms with Crippen molar-refractivity contribution < 1.29 is 4.79 Å². The van der Waals surface area contributed by atoms with Gasteiger partial charge in [-0.25, -0.2) is 0 Å². The van der Waals surface area contributed by atoms with E-state index in [0.29, 0.717) is 6.54 Å². The fraction of sp³-hybridized carbons (Fsp3) is 0.533. The lowest BCUT2D eigenvalue weighted by Crippen LogP contribution is -2.48. The summed E-state index contributed by atoms with van der Waals surface area (Å²) in [5.74, 6) is -0.00549. The van der Waals surface area contributed by atoms with Crippen LogP contribution >= 0.6 is 0 Å². The van der Waals surface area contributed by atoms with Crippen LogP contribution in [0.3, 0.4) is 0 Å². The summed E-state index contributed by atoms with van der Waals surface area (Å²) in [7, 11) is 1.95. The Balaban J connectivity index is 2.84. The molecule has 0 bridgehead atoms. The molecule has 3 N–H and O–H groups in total. The van der Waals surface area contributed by atoms with Crippen LogP contribution in [0.1, 0.15) is 32.4 Å². The van der Waals surface area contributed by atoms with Gasteiger partial charge in [-0.3, -0.25) is 9.69 Å². The molecule has 0 aromatic heterocycles. The first kappa shape index (κ1) is 15.7. The second kappa shape index (κ2) is 6.68. The Bertz CT molecular complexity index is 398. The fourth-order valence-corrected chi connectivity index (χ4v) is 1.84. The van der Waals surface area contributed by atoms with Crippen molar-refractivity contribution in [2.24, 2.45) is 5.73 Å². The van der Waals surface area contributed by atoms with Crippen LogP contribution in [0.15, 0.2) is 30.3 Å². The number of benzene rings is 1. The predicted molar refractivity (Wildman–Crippen MR) is 78.8 cm³/mol. The molecule has 0 saturated carbocycles. The molecular weight excluding hydrogens is 238 g/mol. The molecule has 0 fully saturated rings. The number of nitrogens with two attached hydrogens (primary N) is 1. The number of hydrogen-bond donors (Lipinski definition) is 2. The maximum atomic E-state index is 12.4. The summed E-state index contributed by atoms with van der Waals surface area (Å²) in [6.07, 6.45) is 0. The Morgan fingerprint density at radius 2 is 1.95 bits per heavy atom. The van der Waals surface area contributed by atoms with Gasteiger partial charge in [0.15, 0.2) is 0 Å². The highest BCUT2D eigenvalue weighted by Crippen LogP contribution is 2.19. The first-order valence-electron chi connectivity index (χ1n) is 6.67.